The van der Waals surface area contributed by atoms with Crippen molar-refractivity contribution in [3.63, 3.8) is 0 Å². The van der Waals surface area contributed by atoms with Gasteiger partial charge in [0, 0.05) is 48.2 Å². The first-order chi connectivity index (χ1) is 31.1. The van der Waals surface area contributed by atoms with E-state index >= 15 is 13.2 Å². The minimum Gasteiger partial charge on any atom is -0.352 e. The van der Waals surface area contributed by atoms with Gasteiger partial charge in [-0.15, -0.1) is 0 Å². The highest BCUT2D eigenvalue weighted by molar-refractivity contribution is 6.31. The average Bonchev–Trinajstić information content (AvgIpc) is 3.82. The van der Waals surface area contributed by atoms with Gasteiger partial charge in [0.1, 0.15) is 17.3 Å². The van der Waals surface area contributed by atoms with Crippen molar-refractivity contribution in [2.75, 3.05) is 25.0 Å². The first kappa shape index (κ1) is 44.2. The fraction of sp³-hybridized carbons (Fsp3) is 0.521. The van der Waals surface area contributed by atoms with Crippen LogP contribution in [-0.2, 0) is 31.6 Å². The molecule has 2 saturated carbocycles. The summed E-state index contributed by atoms with van der Waals surface area (Å²) in [5.41, 5.74) is 0.129. The maximum atomic E-state index is 16.3. The molecule has 5 fully saturated rings. The van der Waals surface area contributed by atoms with E-state index in [4.69, 9.17) is 23.2 Å². The van der Waals surface area contributed by atoms with Gasteiger partial charge < -0.3 is 10.6 Å². The molecule has 2 spiro atoms. The van der Waals surface area contributed by atoms with Crippen molar-refractivity contribution in [2.24, 2.45) is 13.0 Å². The predicted octanol–water partition coefficient (Wildman–Crippen LogP) is 7.21. The molecule has 4 aliphatic heterocycles. The number of anilines is 1. The van der Waals surface area contributed by atoms with Gasteiger partial charge in [-0.1, -0.05) is 66.7 Å². The van der Waals surface area contributed by atoms with Crippen LogP contribution in [-0.4, -0.2) is 80.8 Å². The van der Waals surface area contributed by atoms with Gasteiger partial charge in [0.2, 0.25) is 23.6 Å². The van der Waals surface area contributed by atoms with Gasteiger partial charge >= 0.3 is 5.69 Å². The van der Waals surface area contributed by atoms with Crippen LogP contribution in [0.15, 0.2) is 59.4 Å². The van der Waals surface area contributed by atoms with E-state index in [1.165, 1.54) is 15.2 Å². The second-order valence-corrected chi connectivity index (χ2v) is 20.2. The number of halogens is 5. The van der Waals surface area contributed by atoms with Crippen molar-refractivity contribution in [1.82, 2.24) is 30.0 Å². The number of rotatable bonds is 7. The maximum Gasteiger partial charge on any atom is 0.329 e. The number of aryl methyl sites for hydroxylation is 1. The Bertz CT molecular complexity index is 2680. The summed E-state index contributed by atoms with van der Waals surface area (Å²) < 4.78 is 51.3. The monoisotopic (exact) mass is 933 g/mol. The lowest BCUT2D eigenvalue weighted by molar-refractivity contribution is -0.136. The molecule has 0 radical (unpaired) electrons. The molecule has 6 aliphatic rings. The van der Waals surface area contributed by atoms with Crippen LogP contribution in [0.1, 0.15) is 112 Å². The zero-order valence-electron chi connectivity index (χ0n) is 36.0. The summed E-state index contributed by atoms with van der Waals surface area (Å²) in [6, 6.07) is 12.9. The SMILES string of the molecule is Cn1c(=O)n(C2CCC(=O)NC2=O)c2ccc(C3CCN(CC4CCC(NC(=O)[C@@H]5NC6(CCCCC6)[C@@]6(C(=O)Nc7cc(Cl)ccc76)[C@H]5c5cccc(Cl)c5F)CC4)CC3(F)F)cc21. The quantitative estimate of drug-likeness (QED) is 0.143. The minimum atomic E-state index is -3.05. The molecule has 4 amide bonds. The van der Waals surface area contributed by atoms with Crippen molar-refractivity contribution in [2.45, 2.75) is 124 Å². The molecule has 5 atom stereocenters. The van der Waals surface area contributed by atoms with Crippen LogP contribution in [0.3, 0.4) is 0 Å². The fourth-order valence-corrected chi connectivity index (χ4v) is 13.1. The molecule has 17 heteroatoms. The van der Waals surface area contributed by atoms with Gasteiger partial charge in [-0.05, 0) is 111 Å². The van der Waals surface area contributed by atoms with Crippen molar-refractivity contribution >= 4 is 63.6 Å². The Labute approximate surface area is 383 Å². The van der Waals surface area contributed by atoms with E-state index in [9.17, 15) is 24.0 Å². The number of fused-ring (bicyclic) bond motifs is 4. The molecule has 2 aliphatic carbocycles. The Kier molecular flexibility index (Phi) is 11.3. The van der Waals surface area contributed by atoms with E-state index in [2.05, 4.69) is 21.3 Å². The number of benzene rings is 3. The molecular formula is C48H52Cl2F3N7O5. The number of nitrogens with zero attached hydrogens (tertiary/aromatic N) is 3. The first-order valence-corrected chi connectivity index (χ1v) is 23.7. The second-order valence-electron chi connectivity index (χ2n) is 19.3. The lowest BCUT2D eigenvalue weighted by Crippen LogP contribution is -2.60. The maximum absolute atomic E-state index is 16.3. The van der Waals surface area contributed by atoms with Gasteiger partial charge in [-0.25, -0.2) is 18.0 Å². The Morgan fingerprint density at radius 2 is 1.66 bits per heavy atom. The molecule has 12 nitrogen and oxygen atoms in total. The first-order valence-electron chi connectivity index (χ1n) is 22.9. The van der Waals surface area contributed by atoms with Crippen LogP contribution in [0.5, 0.6) is 0 Å². The number of imide groups is 1. The highest BCUT2D eigenvalue weighted by Gasteiger charge is 2.72. The lowest BCUT2D eigenvalue weighted by Gasteiger charge is -2.47. The Morgan fingerprint density at radius 3 is 2.40 bits per heavy atom. The summed E-state index contributed by atoms with van der Waals surface area (Å²) in [7, 11) is 1.55. The molecule has 65 heavy (non-hydrogen) atoms. The molecular weight excluding hydrogens is 882 g/mol. The van der Waals surface area contributed by atoms with Crippen molar-refractivity contribution < 1.29 is 32.3 Å². The summed E-state index contributed by atoms with van der Waals surface area (Å²) in [5.74, 6) is -7.13. The van der Waals surface area contributed by atoms with Crippen LogP contribution in [0.2, 0.25) is 10.0 Å². The Balaban J connectivity index is 0.821. The highest BCUT2D eigenvalue weighted by Crippen LogP contribution is 2.63. The van der Waals surface area contributed by atoms with E-state index in [0.29, 0.717) is 71.6 Å². The zero-order valence-corrected chi connectivity index (χ0v) is 37.6. The summed E-state index contributed by atoms with van der Waals surface area (Å²) in [6.07, 6.45) is 7.09. The van der Waals surface area contributed by atoms with Gasteiger partial charge in [0.15, 0.2) is 0 Å². The number of hydrogen-bond acceptors (Lipinski definition) is 7. The van der Waals surface area contributed by atoms with Crippen LogP contribution < -0.4 is 27.0 Å². The molecule has 10 rings (SSSR count). The van der Waals surface area contributed by atoms with E-state index in [-0.39, 0.29) is 53.6 Å². The number of hydrogen-bond donors (Lipinski definition) is 4. The van der Waals surface area contributed by atoms with Crippen molar-refractivity contribution in [3.05, 3.63) is 97.6 Å². The van der Waals surface area contributed by atoms with Crippen LogP contribution in [0.25, 0.3) is 11.0 Å². The number of aromatic nitrogens is 2. The normalized spacial score (nSPS) is 29.8. The van der Waals surface area contributed by atoms with E-state index in [1.807, 2.05) is 11.0 Å². The molecule has 344 valence electrons. The Hall–Kier alpha value is -4.70. The number of alkyl halides is 2. The number of carbonyl (C=O) groups is 4. The summed E-state index contributed by atoms with van der Waals surface area (Å²) >= 11 is 12.8. The molecule has 3 aromatic carbocycles. The molecule has 0 bridgehead atoms. The molecule has 1 aromatic heterocycles. The third-order valence-electron chi connectivity index (χ3n) is 15.7. The number of nitrogens with one attached hydrogen (secondary N) is 4. The van der Waals surface area contributed by atoms with E-state index in [0.717, 1.165) is 32.1 Å². The average molecular weight is 935 g/mol. The largest absolute Gasteiger partial charge is 0.352 e. The third kappa shape index (κ3) is 7.21. The summed E-state index contributed by atoms with van der Waals surface area (Å²) in [6.45, 7) is 0.547. The van der Waals surface area contributed by atoms with Gasteiger partial charge in [-0.2, -0.15) is 0 Å². The molecule has 4 N–H and O–H groups in total. The fourth-order valence-electron chi connectivity index (χ4n) is 12.8. The molecule has 4 aromatic rings. The molecule has 5 heterocycles. The van der Waals surface area contributed by atoms with Gasteiger partial charge in [-0.3, -0.25) is 43.8 Å². The van der Waals surface area contributed by atoms with Gasteiger partial charge in [0.25, 0.3) is 5.92 Å². The minimum absolute atomic E-state index is 0.0923. The zero-order chi connectivity index (χ0) is 45.6. The lowest BCUT2D eigenvalue weighted by atomic mass is 9.55. The van der Waals surface area contributed by atoms with E-state index in [1.54, 1.807) is 49.5 Å². The second kappa shape index (κ2) is 16.6. The van der Waals surface area contributed by atoms with Crippen molar-refractivity contribution in [1.29, 1.82) is 0 Å². The smallest absolute Gasteiger partial charge is 0.329 e. The summed E-state index contributed by atoms with van der Waals surface area (Å²) in [5, 5.41) is 12.7. The van der Waals surface area contributed by atoms with Gasteiger partial charge in [0.05, 0.1) is 34.6 Å². The van der Waals surface area contributed by atoms with Crippen LogP contribution in [0.4, 0.5) is 18.9 Å². The Morgan fingerprint density at radius 1 is 0.892 bits per heavy atom. The molecule has 3 saturated heterocycles. The number of likely N-dealkylation sites (tertiary alicyclic amines) is 1. The number of carbonyl (C=O) groups excluding carboxylic acids is 4. The standard InChI is InChI=1S/C48H52Cl2F3N7O5/c1-58-37-22-27(10-15-35(37)60(45(58)65)36-16-17-38(61)56-42(36)62)31-18-21-59(25-47(31,52)53)24-26-8-12-29(13-9-26)54-43(63)41-39(30-6-5-7-33(50)40(30)51)48(46(57-41)19-3-2-4-20-46)32-14-11-28(49)23-34(32)55-44(48)64/h5-7,10-11,14-15,22-23,26,29,31,36,39,41,57H,2-4,8-9,12-13,16-21,24-25H2,1H3,(H,54,63)(H,55,64)(H,56,61,62)/t26?,29?,31?,36?,39-,41+,48+/m0/s1. The number of amides is 4. The number of imidazole rings is 1. The number of piperidine rings is 2. The van der Waals surface area contributed by atoms with Crippen molar-refractivity contribution in [3.8, 4) is 0 Å². The molecule has 2 unspecified atom stereocenters. The summed E-state index contributed by atoms with van der Waals surface area (Å²) in [4.78, 5) is 68.9. The van der Waals surface area contributed by atoms with Crippen LogP contribution >= 0.6 is 23.2 Å². The predicted molar refractivity (Wildman–Crippen MR) is 240 cm³/mol. The highest BCUT2D eigenvalue weighted by atomic mass is 35.5. The van der Waals surface area contributed by atoms with Crippen LogP contribution in [0, 0.1) is 11.7 Å². The third-order valence-corrected chi connectivity index (χ3v) is 16.3. The topological polar surface area (TPSA) is 147 Å². The van der Waals surface area contributed by atoms with E-state index < -0.39 is 70.7 Å².